The molecule has 1 atom stereocenters. The van der Waals surface area contributed by atoms with Crippen LogP contribution in [0.5, 0.6) is 0 Å². The molecule has 8 heteroatoms. The molecule has 0 unspecified atom stereocenters. The van der Waals surface area contributed by atoms with Gasteiger partial charge in [-0.15, -0.1) is 0 Å². The predicted molar refractivity (Wildman–Crippen MR) is 117 cm³/mol. The van der Waals surface area contributed by atoms with Gasteiger partial charge in [0.1, 0.15) is 0 Å². The number of esters is 1. The first kappa shape index (κ1) is 22.0. The molecule has 1 aliphatic rings. The monoisotopic (exact) mass is 423 g/mol. The number of ether oxygens (including phenoxy) is 1. The van der Waals surface area contributed by atoms with E-state index in [1.807, 2.05) is 31.2 Å². The Bertz CT molecular complexity index is 1000. The Labute approximate surface area is 180 Å². The number of para-hydroxylation sites is 1. The maximum atomic E-state index is 12.5. The molecule has 1 saturated heterocycles. The third-order valence-corrected chi connectivity index (χ3v) is 4.93. The first-order valence-electron chi connectivity index (χ1n) is 10.1. The number of hydrogen-bond donors (Lipinski definition) is 2. The number of aryl methyl sites for hydroxylation is 1. The Morgan fingerprint density at radius 3 is 2.48 bits per heavy atom. The van der Waals surface area contributed by atoms with Crippen molar-refractivity contribution in [2.24, 2.45) is 5.92 Å². The van der Waals surface area contributed by atoms with Gasteiger partial charge in [-0.2, -0.15) is 0 Å². The van der Waals surface area contributed by atoms with Crippen LogP contribution in [0.1, 0.15) is 25.8 Å². The summed E-state index contributed by atoms with van der Waals surface area (Å²) in [6, 6.07) is 14.2. The number of nitrogens with one attached hydrogen (secondary N) is 2. The molecule has 1 fully saturated rings. The minimum Gasteiger partial charge on any atom is -0.455 e. The summed E-state index contributed by atoms with van der Waals surface area (Å²) in [5.41, 5.74) is 2.85. The summed E-state index contributed by atoms with van der Waals surface area (Å²) in [7, 11) is 0. The average Bonchev–Trinajstić information content (AvgIpc) is 3.13. The molecule has 3 rings (SSSR count). The maximum absolute atomic E-state index is 12.5. The number of anilines is 3. The molecule has 2 aromatic carbocycles. The summed E-state index contributed by atoms with van der Waals surface area (Å²) in [5, 5.41) is 5.24. The second kappa shape index (κ2) is 9.88. The number of nitrogens with zero attached hydrogens (tertiary/aromatic N) is 1. The van der Waals surface area contributed by atoms with Crippen LogP contribution >= 0.6 is 0 Å². The second-order valence-electron chi connectivity index (χ2n) is 7.31. The molecule has 1 aliphatic heterocycles. The van der Waals surface area contributed by atoms with Gasteiger partial charge in [0.15, 0.2) is 6.61 Å². The van der Waals surface area contributed by atoms with Crippen molar-refractivity contribution < 1.29 is 23.9 Å². The number of amides is 3. The Balaban J connectivity index is 1.53. The molecule has 0 spiro atoms. The number of benzene rings is 2. The lowest BCUT2D eigenvalue weighted by Gasteiger charge is -2.19. The van der Waals surface area contributed by atoms with Crippen LogP contribution < -0.4 is 15.5 Å². The van der Waals surface area contributed by atoms with Gasteiger partial charge in [-0.25, -0.2) is 0 Å². The quantitative estimate of drug-likeness (QED) is 0.667. The van der Waals surface area contributed by atoms with Gasteiger partial charge in [0.05, 0.1) is 5.92 Å². The molecule has 0 aromatic heterocycles. The van der Waals surface area contributed by atoms with Gasteiger partial charge in [0.25, 0.3) is 5.91 Å². The van der Waals surface area contributed by atoms with Gasteiger partial charge in [0, 0.05) is 37.0 Å². The van der Waals surface area contributed by atoms with Crippen LogP contribution in [0.3, 0.4) is 0 Å². The fourth-order valence-corrected chi connectivity index (χ4v) is 3.50. The van der Waals surface area contributed by atoms with E-state index in [9.17, 15) is 19.2 Å². The van der Waals surface area contributed by atoms with Crippen LogP contribution in [-0.2, 0) is 30.3 Å². The smallest absolute Gasteiger partial charge is 0.311 e. The molecule has 1 heterocycles. The minimum atomic E-state index is -0.617. The molecule has 3 amide bonds. The van der Waals surface area contributed by atoms with Gasteiger partial charge in [-0.3, -0.25) is 19.2 Å². The lowest BCUT2D eigenvalue weighted by atomic mass is 10.1. The highest BCUT2D eigenvalue weighted by Gasteiger charge is 2.37. The molecule has 0 saturated carbocycles. The zero-order valence-corrected chi connectivity index (χ0v) is 17.5. The molecule has 31 heavy (non-hydrogen) atoms. The second-order valence-corrected chi connectivity index (χ2v) is 7.31. The van der Waals surface area contributed by atoms with E-state index in [2.05, 4.69) is 10.6 Å². The van der Waals surface area contributed by atoms with Crippen LogP contribution in [0, 0.1) is 5.92 Å². The summed E-state index contributed by atoms with van der Waals surface area (Å²) in [4.78, 5) is 49.8. The molecular weight excluding hydrogens is 398 g/mol. The molecule has 2 aromatic rings. The Morgan fingerprint density at radius 1 is 1.06 bits per heavy atom. The SMILES string of the molecule is CCc1ccccc1N1C[C@@H](C(=O)OCC(=O)Nc2cccc(NC(C)=O)c2)CC1=O. The van der Waals surface area contributed by atoms with E-state index < -0.39 is 24.4 Å². The zero-order valence-electron chi connectivity index (χ0n) is 17.5. The number of rotatable bonds is 7. The van der Waals surface area contributed by atoms with Crippen LogP contribution in [0.2, 0.25) is 0 Å². The fraction of sp³-hybridized carbons (Fsp3) is 0.304. The molecular formula is C23H25N3O5. The van der Waals surface area contributed by atoms with Crippen molar-refractivity contribution in [2.45, 2.75) is 26.7 Å². The van der Waals surface area contributed by atoms with E-state index in [1.165, 1.54) is 6.92 Å². The minimum absolute atomic E-state index is 0.0528. The highest BCUT2D eigenvalue weighted by molar-refractivity contribution is 6.00. The van der Waals surface area contributed by atoms with E-state index in [0.29, 0.717) is 11.4 Å². The van der Waals surface area contributed by atoms with E-state index in [4.69, 9.17) is 4.74 Å². The van der Waals surface area contributed by atoms with Crippen molar-refractivity contribution in [3.05, 3.63) is 54.1 Å². The number of carbonyl (C=O) groups excluding carboxylic acids is 4. The largest absolute Gasteiger partial charge is 0.455 e. The van der Waals surface area contributed by atoms with Crippen molar-refractivity contribution in [3.8, 4) is 0 Å². The highest BCUT2D eigenvalue weighted by atomic mass is 16.5. The summed E-state index contributed by atoms with van der Waals surface area (Å²) in [6.07, 6.45) is 0.829. The number of carbonyl (C=O) groups is 4. The summed E-state index contributed by atoms with van der Waals surface area (Å²) in [6.45, 7) is 3.17. The molecule has 162 valence electrons. The standard InChI is InChI=1S/C23H25N3O5/c1-3-16-7-4-5-10-20(16)26-13-17(11-22(26)29)23(30)31-14-21(28)25-19-9-6-8-18(12-19)24-15(2)27/h4-10,12,17H,3,11,13-14H2,1-2H3,(H,24,27)(H,25,28)/t17-/m0/s1. The van der Waals surface area contributed by atoms with Crippen molar-refractivity contribution >= 4 is 40.8 Å². The van der Waals surface area contributed by atoms with Crippen LogP contribution in [0.25, 0.3) is 0 Å². The van der Waals surface area contributed by atoms with E-state index in [1.54, 1.807) is 29.2 Å². The summed E-state index contributed by atoms with van der Waals surface area (Å²) in [5.74, 6) is -2.06. The maximum Gasteiger partial charge on any atom is 0.311 e. The first-order valence-corrected chi connectivity index (χ1v) is 10.1. The molecule has 0 radical (unpaired) electrons. The summed E-state index contributed by atoms with van der Waals surface area (Å²) >= 11 is 0. The Morgan fingerprint density at radius 2 is 1.77 bits per heavy atom. The average molecular weight is 423 g/mol. The Hall–Kier alpha value is -3.68. The van der Waals surface area contributed by atoms with Crippen molar-refractivity contribution in [1.29, 1.82) is 0 Å². The molecule has 8 nitrogen and oxygen atoms in total. The van der Waals surface area contributed by atoms with Crippen molar-refractivity contribution in [3.63, 3.8) is 0 Å². The highest BCUT2D eigenvalue weighted by Crippen LogP contribution is 2.29. The lowest BCUT2D eigenvalue weighted by molar-refractivity contribution is -0.151. The third kappa shape index (κ3) is 5.69. The third-order valence-electron chi connectivity index (χ3n) is 4.93. The molecule has 0 aliphatic carbocycles. The number of hydrogen-bond acceptors (Lipinski definition) is 5. The summed E-state index contributed by atoms with van der Waals surface area (Å²) < 4.78 is 5.14. The van der Waals surface area contributed by atoms with Crippen LogP contribution in [0.4, 0.5) is 17.1 Å². The predicted octanol–water partition coefficient (Wildman–Crippen LogP) is 2.74. The zero-order chi connectivity index (χ0) is 22.4. The molecule has 0 bridgehead atoms. The van der Waals surface area contributed by atoms with Gasteiger partial charge >= 0.3 is 5.97 Å². The normalized spacial score (nSPS) is 15.5. The lowest BCUT2D eigenvalue weighted by Crippen LogP contribution is -2.28. The van der Waals surface area contributed by atoms with E-state index in [0.717, 1.165) is 17.7 Å². The fourth-order valence-electron chi connectivity index (χ4n) is 3.50. The Kier molecular flexibility index (Phi) is 7.02. The topological polar surface area (TPSA) is 105 Å². The van der Waals surface area contributed by atoms with E-state index >= 15 is 0 Å². The van der Waals surface area contributed by atoms with Crippen LogP contribution in [0.15, 0.2) is 48.5 Å². The van der Waals surface area contributed by atoms with Crippen molar-refractivity contribution in [2.75, 3.05) is 28.7 Å². The molecule has 2 N–H and O–H groups in total. The van der Waals surface area contributed by atoms with Gasteiger partial charge in [-0.1, -0.05) is 31.2 Å². The van der Waals surface area contributed by atoms with Crippen LogP contribution in [-0.4, -0.2) is 36.8 Å². The van der Waals surface area contributed by atoms with Gasteiger partial charge < -0.3 is 20.3 Å². The van der Waals surface area contributed by atoms with Gasteiger partial charge in [-0.05, 0) is 36.2 Å². The van der Waals surface area contributed by atoms with E-state index in [-0.39, 0.29) is 24.8 Å². The first-order chi connectivity index (χ1) is 14.9. The van der Waals surface area contributed by atoms with Gasteiger partial charge in [0.2, 0.25) is 11.8 Å². The van der Waals surface area contributed by atoms with Crippen molar-refractivity contribution in [1.82, 2.24) is 0 Å².